The standard InChI is InChI=1S/C13H24N6O/c1-4-5-15-11-16-12(19-8-6-14-7-9-19)18-13(17-11)20-10(2)3/h10,14H,4-9H2,1-3H3,(H,15,16,17,18). The summed E-state index contributed by atoms with van der Waals surface area (Å²) in [6.07, 6.45) is 1.07. The summed E-state index contributed by atoms with van der Waals surface area (Å²) in [5.74, 6) is 1.28. The second-order valence-corrected chi connectivity index (χ2v) is 5.07. The van der Waals surface area contributed by atoms with Gasteiger partial charge in [0.25, 0.3) is 0 Å². The molecule has 0 spiro atoms. The highest BCUT2D eigenvalue weighted by Crippen LogP contribution is 2.16. The highest BCUT2D eigenvalue weighted by Gasteiger charge is 2.16. The van der Waals surface area contributed by atoms with Gasteiger partial charge in [-0.15, -0.1) is 0 Å². The molecule has 7 nitrogen and oxygen atoms in total. The number of nitrogens with zero attached hydrogens (tertiary/aromatic N) is 4. The van der Waals surface area contributed by atoms with Crippen molar-refractivity contribution >= 4 is 11.9 Å². The van der Waals surface area contributed by atoms with Crippen molar-refractivity contribution in [3.05, 3.63) is 0 Å². The second kappa shape index (κ2) is 7.23. The lowest BCUT2D eigenvalue weighted by molar-refractivity contribution is 0.222. The van der Waals surface area contributed by atoms with Crippen LogP contribution in [0.2, 0.25) is 0 Å². The van der Waals surface area contributed by atoms with Crippen molar-refractivity contribution < 1.29 is 4.74 Å². The van der Waals surface area contributed by atoms with Crippen molar-refractivity contribution in [1.29, 1.82) is 0 Å². The molecular formula is C13H24N6O. The topological polar surface area (TPSA) is 75.2 Å². The van der Waals surface area contributed by atoms with Gasteiger partial charge in [-0.05, 0) is 20.3 Å². The van der Waals surface area contributed by atoms with Crippen LogP contribution in [0, 0.1) is 0 Å². The summed E-state index contributed by atoms with van der Waals surface area (Å²) in [7, 11) is 0. The molecule has 0 bridgehead atoms. The molecule has 1 aliphatic heterocycles. The molecule has 1 aliphatic rings. The Balaban J connectivity index is 2.19. The van der Waals surface area contributed by atoms with E-state index in [0.717, 1.165) is 39.1 Å². The molecule has 20 heavy (non-hydrogen) atoms. The number of rotatable bonds is 6. The maximum atomic E-state index is 5.62. The van der Waals surface area contributed by atoms with Crippen molar-refractivity contribution in [3.63, 3.8) is 0 Å². The minimum absolute atomic E-state index is 0.0484. The lowest BCUT2D eigenvalue weighted by Crippen LogP contribution is -2.44. The molecule has 0 amide bonds. The molecule has 2 N–H and O–H groups in total. The maximum Gasteiger partial charge on any atom is 0.323 e. The van der Waals surface area contributed by atoms with E-state index in [-0.39, 0.29) is 6.10 Å². The van der Waals surface area contributed by atoms with Gasteiger partial charge in [-0.3, -0.25) is 0 Å². The van der Waals surface area contributed by atoms with Crippen LogP contribution in [0.25, 0.3) is 0 Å². The van der Waals surface area contributed by atoms with E-state index in [4.69, 9.17) is 4.74 Å². The van der Waals surface area contributed by atoms with Crippen molar-refractivity contribution in [2.24, 2.45) is 0 Å². The molecule has 2 rings (SSSR count). The van der Waals surface area contributed by atoms with Crippen molar-refractivity contribution in [3.8, 4) is 6.01 Å². The normalized spacial score (nSPS) is 15.5. The minimum Gasteiger partial charge on any atom is -0.461 e. The van der Waals surface area contributed by atoms with Gasteiger partial charge < -0.3 is 20.3 Å². The Bertz CT molecular complexity index is 419. The van der Waals surface area contributed by atoms with Crippen LogP contribution < -0.4 is 20.3 Å². The van der Waals surface area contributed by atoms with E-state index < -0.39 is 0 Å². The lowest BCUT2D eigenvalue weighted by Gasteiger charge is -2.27. The molecular weight excluding hydrogens is 256 g/mol. The number of hydrogen-bond donors (Lipinski definition) is 2. The number of hydrogen-bond acceptors (Lipinski definition) is 7. The highest BCUT2D eigenvalue weighted by atomic mass is 16.5. The van der Waals surface area contributed by atoms with E-state index >= 15 is 0 Å². The van der Waals surface area contributed by atoms with Crippen molar-refractivity contribution in [2.75, 3.05) is 42.9 Å². The summed E-state index contributed by atoms with van der Waals surface area (Å²) in [6, 6.07) is 0.391. The smallest absolute Gasteiger partial charge is 0.323 e. The number of anilines is 2. The molecule has 0 unspecified atom stereocenters. The molecule has 0 aromatic carbocycles. The van der Waals surface area contributed by atoms with Crippen LogP contribution in [-0.4, -0.2) is 53.8 Å². The molecule has 2 heterocycles. The largest absolute Gasteiger partial charge is 0.461 e. The zero-order valence-corrected chi connectivity index (χ0v) is 12.5. The Morgan fingerprint density at radius 2 is 2.00 bits per heavy atom. The Kier molecular flexibility index (Phi) is 5.34. The van der Waals surface area contributed by atoms with Gasteiger partial charge >= 0.3 is 6.01 Å². The molecule has 0 radical (unpaired) electrons. The van der Waals surface area contributed by atoms with Gasteiger partial charge in [-0.25, -0.2) is 0 Å². The first-order chi connectivity index (χ1) is 9.69. The fourth-order valence-corrected chi connectivity index (χ4v) is 1.93. The summed E-state index contributed by atoms with van der Waals surface area (Å²) in [6.45, 7) is 10.6. The van der Waals surface area contributed by atoms with Crippen LogP contribution in [0.15, 0.2) is 0 Å². The molecule has 112 valence electrons. The Morgan fingerprint density at radius 1 is 1.25 bits per heavy atom. The molecule has 7 heteroatoms. The minimum atomic E-state index is 0.0484. The van der Waals surface area contributed by atoms with Gasteiger partial charge in [-0.2, -0.15) is 15.0 Å². The fourth-order valence-electron chi connectivity index (χ4n) is 1.93. The number of aromatic nitrogens is 3. The van der Waals surface area contributed by atoms with E-state index in [9.17, 15) is 0 Å². The van der Waals surface area contributed by atoms with Crippen molar-refractivity contribution in [2.45, 2.75) is 33.3 Å². The van der Waals surface area contributed by atoms with E-state index in [1.807, 2.05) is 13.8 Å². The zero-order valence-electron chi connectivity index (χ0n) is 12.5. The average Bonchev–Trinajstić information content (AvgIpc) is 2.45. The summed E-state index contributed by atoms with van der Waals surface area (Å²) < 4.78 is 5.62. The summed E-state index contributed by atoms with van der Waals surface area (Å²) >= 11 is 0. The van der Waals surface area contributed by atoms with Crippen LogP contribution in [0.3, 0.4) is 0 Å². The number of nitrogens with one attached hydrogen (secondary N) is 2. The van der Waals surface area contributed by atoms with Gasteiger partial charge in [-0.1, -0.05) is 6.92 Å². The Labute approximate surface area is 120 Å². The quantitative estimate of drug-likeness (QED) is 0.801. The van der Waals surface area contributed by atoms with E-state index in [0.29, 0.717) is 17.9 Å². The lowest BCUT2D eigenvalue weighted by atomic mass is 10.4. The van der Waals surface area contributed by atoms with Gasteiger partial charge in [0.2, 0.25) is 11.9 Å². The number of piperazine rings is 1. The average molecular weight is 280 g/mol. The predicted octanol–water partition coefficient (Wildman–Crippen LogP) is 0.890. The molecule has 0 aliphatic carbocycles. The van der Waals surface area contributed by atoms with Gasteiger partial charge in [0.05, 0.1) is 6.10 Å². The van der Waals surface area contributed by atoms with Gasteiger partial charge in [0, 0.05) is 32.7 Å². The molecule has 1 aromatic heterocycles. The Hall–Kier alpha value is -1.63. The van der Waals surface area contributed by atoms with E-state index in [2.05, 4.69) is 37.4 Å². The van der Waals surface area contributed by atoms with E-state index in [1.54, 1.807) is 0 Å². The van der Waals surface area contributed by atoms with Crippen LogP contribution in [0.1, 0.15) is 27.2 Å². The third-order valence-corrected chi connectivity index (χ3v) is 2.88. The Morgan fingerprint density at radius 3 is 2.65 bits per heavy atom. The first-order valence-electron chi connectivity index (χ1n) is 7.31. The zero-order chi connectivity index (χ0) is 14.4. The summed E-state index contributed by atoms with van der Waals surface area (Å²) in [4.78, 5) is 15.4. The summed E-state index contributed by atoms with van der Waals surface area (Å²) in [5.41, 5.74) is 0. The third kappa shape index (κ3) is 4.19. The van der Waals surface area contributed by atoms with E-state index in [1.165, 1.54) is 0 Å². The molecule has 0 atom stereocenters. The second-order valence-electron chi connectivity index (χ2n) is 5.07. The first kappa shape index (κ1) is 14.8. The summed E-state index contributed by atoms with van der Waals surface area (Å²) in [5, 5.41) is 6.52. The molecule has 1 fully saturated rings. The fraction of sp³-hybridized carbons (Fsp3) is 0.769. The van der Waals surface area contributed by atoms with Crippen LogP contribution in [-0.2, 0) is 0 Å². The van der Waals surface area contributed by atoms with Crippen LogP contribution in [0.4, 0.5) is 11.9 Å². The maximum absolute atomic E-state index is 5.62. The highest BCUT2D eigenvalue weighted by molar-refractivity contribution is 5.38. The third-order valence-electron chi connectivity index (χ3n) is 2.88. The SMILES string of the molecule is CCCNc1nc(OC(C)C)nc(N2CCNCC2)n1. The molecule has 1 saturated heterocycles. The van der Waals surface area contributed by atoms with Crippen LogP contribution in [0.5, 0.6) is 6.01 Å². The predicted molar refractivity (Wildman–Crippen MR) is 79.5 cm³/mol. The number of ether oxygens (including phenoxy) is 1. The van der Waals surface area contributed by atoms with Crippen molar-refractivity contribution in [1.82, 2.24) is 20.3 Å². The molecule has 1 aromatic rings. The molecule has 0 saturated carbocycles. The van der Waals surface area contributed by atoms with Gasteiger partial charge in [0.1, 0.15) is 0 Å². The first-order valence-corrected chi connectivity index (χ1v) is 7.31. The van der Waals surface area contributed by atoms with Gasteiger partial charge in [0.15, 0.2) is 0 Å². The van der Waals surface area contributed by atoms with Crippen LogP contribution >= 0.6 is 0 Å². The monoisotopic (exact) mass is 280 g/mol.